The average Bonchev–Trinajstić information content (AvgIpc) is 3.14. The van der Waals surface area contributed by atoms with Crippen LogP contribution in [-0.4, -0.2) is 9.97 Å². The highest BCUT2D eigenvalue weighted by Crippen LogP contribution is 2.38. The van der Waals surface area contributed by atoms with E-state index in [4.69, 9.17) is 9.97 Å². The second-order valence-electron chi connectivity index (χ2n) is 11.8. The van der Waals surface area contributed by atoms with Crippen LogP contribution < -0.4 is 0 Å². The molecule has 0 atom stereocenters. The highest BCUT2D eigenvalue weighted by atomic mass is 14.9. The summed E-state index contributed by atoms with van der Waals surface area (Å²) in [6, 6.07) is 60.4. The fraction of sp³-hybridized carbons (Fsp3) is 0. The third-order valence-corrected chi connectivity index (χ3v) is 9.04. The minimum atomic E-state index is 0.713. The maximum atomic E-state index is 5.15. The van der Waals surface area contributed by atoms with Crippen LogP contribution in [-0.2, 0) is 0 Å². The van der Waals surface area contributed by atoms with Gasteiger partial charge in [-0.15, -0.1) is 0 Å². The zero-order valence-corrected chi connectivity index (χ0v) is 25.1. The van der Waals surface area contributed by atoms with E-state index in [-0.39, 0.29) is 0 Å². The summed E-state index contributed by atoms with van der Waals surface area (Å²) in [7, 11) is 0. The maximum absolute atomic E-state index is 5.15. The Labute approximate surface area is 267 Å². The number of benzene rings is 8. The van der Waals surface area contributed by atoms with Crippen molar-refractivity contribution < 1.29 is 0 Å². The van der Waals surface area contributed by atoms with E-state index in [2.05, 4.69) is 158 Å². The van der Waals surface area contributed by atoms with Crippen LogP contribution in [0.25, 0.3) is 88.1 Å². The van der Waals surface area contributed by atoms with Gasteiger partial charge in [-0.25, -0.2) is 9.97 Å². The summed E-state index contributed by atoms with van der Waals surface area (Å²) in [6.07, 6.45) is 0. The van der Waals surface area contributed by atoms with E-state index in [1.165, 1.54) is 48.8 Å². The van der Waals surface area contributed by atoms with Crippen molar-refractivity contribution in [2.45, 2.75) is 0 Å². The van der Waals surface area contributed by atoms with Crippen LogP contribution in [0.3, 0.4) is 0 Å². The van der Waals surface area contributed by atoms with Gasteiger partial charge in [0.1, 0.15) is 0 Å². The highest BCUT2D eigenvalue weighted by molar-refractivity contribution is 6.18. The molecule has 2 heteroatoms. The van der Waals surface area contributed by atoms with Crippen LogP contribution in [0.1, 0.15) is 0 Å². The Morgan fingerprint density at radius 2 is 0.826 bits per heavy atom. The quantitative estimate of drug-likeness (QED) is 0.192. The summed E-state index contributed by atoms with van der Waals surface area (Å²) >= 11 is 0. The van der Waals surface area contributed by atoms with Gasteiger partial charge in [-0.05, 0) is 78.5 Å². The smallest absolute Gasteiger partial charge is 0.160 e. The van der Waals surface area contributed by atoms with Crippen LogP contribution in [0.4, 0.5) is 0 Å². The van der Waals surface area contributed by atoms with E-state index in [0.717, 1.165) is 33.5 Å². The highest BCUT2D eigenvalue weighted by Gasteiger charge is 2.15. The standard InChI is InChI=1S/C44H28N2/c1-3-12-31(13-4-1)42-28-43(32-14-5-2-6-15-32)46-44(45-42)35-25-33-16-8-10-18-37(33)41(27-35)34-20-19-30-22-23-38-36-17-9-7-11-29(36)21-24-39(38)40(30)26-34/h1-28H. The average molecular weight is 585 g/mol. The van der Waals surface area contributed by atoms with Crippen molar-refractivity contribution in [1.29, 1.82) is 0 Å². The van der Waals surface area contributed by atoms with Gasteiger partial charge >= 0.3 is 0 Å². The van der Waals surface area contributed by atoms with Crippen LogP contribution >= 0.6 is 0 Å². The Balaban J connectivity index is 1.28. The number of fused-ring (bicyclic) bond motifs is 6. The minimum absolute atomic E-state index is 0.713. The number of nitrogens with zero attached hydrogens (tertiary/aromatic N) is 2. The second kappa shape index (κ2) is 10.8. The van der Waals surface area contributed by atoms with Crippen LogP contribution in [0.15, 0.2) is 170 Å². The molecule has 8 aromatic carbocycles. The van der Waals surface area contributed by atoms with E-state index in [1.54, 1.807) is 0 Å². The lowest BCUT2D eigenvalue weighted by Crippen LogP contribution is -1.96. The Kier molecular flexibility index (Phi) is 6.17. The van der Waals surface area contributed by atoms with Gasteiger partial charge in [0, 0.05) is 16.7 Å². The van der Waals surface area contributed by atoms with E-state index in [1.807, 2.05) is 12.1 Å². The molecule has 0 saturated carbocycles. The van der Waals surface area contributed by atoms with Gasteiger partial charge in [0.25, 0.3) is 0 Å². The van der Waals surface area contributed by atoms with Gasteiger partial charge in [0.15, 0.2) is 5.82 Å². The van der Waals surface area contributed by atoms with Gasteiger partial charge in [-0.3, -0.25) is 0 Å². The summed E-state index contributed by atoms with van der Waals surface area (Å²) in [5.74, 6) is 0.713. The Bertz CT molecular complexity index is 2510. The fourth-order valence-corrected chi connectivity index (χ4v) is 6.75. The van der Waals surface area contributed by atoms with Crippen molar-refractivity contribution in [3.8, 4) is 45.0 Å². The molecule has 1 aromatic heterocycles. The molecule has 9 aromatic rings. The molecule has 0 fully saturated rings. The maximum Gasteiger partial charge on any atom is 0.160 e. The topological polar surface area (TPSA) is 25.8 Å². The zero-order chi connectivity index (χ0) is 30.5. The van der Waals surface area contributed by atoms with E-state index in [0.29, 0.717) is 5.82 Å². The molecule has 0 N–H and O–H groups in total. The fourth-order valence-electron chi connectivity index (χ4n) is 6.75. The first-order chi connectivity index (χ1) is 22.8. The molecule has 0 spiro atoms. The lowest BCUT2D eigenvalue weighted by molar-refractivity contribution is 1.18. The Morgan fingerprint density at radius 3 is 1.52 bits per heavy atom. The van der Waals surface area contributed by atoms with Gasteiger partial charge in [-0.1, -0.05) is 146 Å². The molecule has 0 aliphatic rings. The van der Waals surface area contributed by atoms with Gasteiger partial charge in [0.05, 0.1) is 11.4 Å². The molecule has 0 radical (unpaired) electrons. The van der Waals surface area contributed by atoms with Gasteiger partial charge < -0.3 is 0 Å². The normalized spacial score (nSPS) is 11.5. The first kappa shape index (κ1) is 26.3. The molecule has 0 bridgehead atoms. The largest absolute Gasteiger partial charge is 0.228 e. The molecule has 9 rings (SSSR count). The van der Waals surface area contributed by atoms with Crippen molar-refractivity contribution in [1.82, 2.24) is 9.97 Å². The predicted molar refractivity (Wildman–Crippen MR) is 194 cm³/mol. The third-order valence-electron chi connectivity index (χ3n) is 9.04. The lowest BCUT2D eigenvalue weighted by Gasteiger charge is -2.14. The molecule has 0 saturated heterocycles. The van der Waals surface area contributed by atoms with Crippen molar-refractivity contribution >= 4 is 43.1 Å². The van der Waals surface area contributed by atoms with E-state index in [9.17, 15) is 0 Å². The van der Waals surface area contributed by atoms with Crippen molar-refractivity contribution in [3.05, 3.63) is 170 Å². The van der Waals surface area contributed by atoms with Crippen LogP contribution in [0, 0.1) is 0 Å². The SMILES string of the molecule is c1ccc(-c2cc(-c3ccccc3)nc(-c3cc(-c4ccc5ccc6c7ccccc7ccc6c5c4)c4ccccc4c3)n2)cc1. The summed E-state index contributed by atoms with van der Waals surface area (Å²) in [5.41, 5.74) is 7.29. The Morgan fingerprint density at radius 1 is 0.283 bits per heavy atom. The predicted octanol–water partition coefficient (Wildman–Crippen LogP) is 11.8. The molecule has 0 unspecified atom stereocenters. The molecular formula is C44H28N2. The molecular weight excluding hydrogens is 556 g/mol. The Hall–Kier alpha value is -6.12. The number of rotatable bonds is 4. The summed E-state index contributed by atoms with van der Waals surface area (Å²) in [5, 5.41) is 9.95. The first-order valence-electron chi connectivity index (χ1n) is 15.7. The molecule has 0 aliphatic heterocycles. The van der Waals surface area contributed by atoms with E-state index < -0.39 is 0 Å². The number of hydrogen-bond donors (Lipinski definition) is 0. The molecule has 1 heterocycles. The molecule has 2 nitrogen and oxygen atoms in total. The van der Waals surface area contributed by atoms with Gasteiger partial charge in [0.2, 0.25) is 0 Å². The van der Waals surface area contributed by atoms with Crippen LogP contribution in [0.5, 0.6) is 0 Å². The molecule has 214 valence electrons. The molecule has 46 heavy (non-hydrogen) atoms. The van der Waals surface area contributed by atoms with Crippen molar-refractivity contribution in [2.75, 3.05) is 0 Å². The zero-order valence-electron chi connectivity index (χ0n) is 25.1. The number of aromatic nitrogens is 2. The van der Waals surface area contributed by atoms with E-state index >= 15 is 0 Å². The van der Waals surface area contributed by atoms with Crippen LogP contribution in [0.2, 0.25) is 0 Å². The minimum Gasteiger partial charge on any atom is -0.228 e. The summed E-state index contributed by atoms with van der Waals surface area (Å²) < 4.78 is 0. The van der Waals surface area contributed by atoms with Gasteiger partial charge in [-0.2, -0.15) is 0 Å². The summed E-state index contributed by atoms with van der Waals surface area (Å²) in [6.45, 7) is 0. The molecule has 0 aliphatic carbocycles. The van der Waals surface area contributed by atoms with Crippen molar-refractivity contribution in [2.24, 2.45) is 0 Å². The first-order valence-corrected chi connectivity index (χ1v) is 15.7. The van der Waals surface area contributed by atoms with Crippen molar-refractivity contribution in [3.63, 3.8) is 0 Å². The second-order valence-corrected chi connectivity index (χ2v) is 11.8. The molecule has 0 amide bonds. The summed E-state index contributed by atoms with van der Waals surface area (Å²) in [4.78, 5) is 10.3. The monoisotopic (exact) mass is 584 g/mol. The third kappa shape index (κ3) is 4.51. The lowest BCUT2D eigenvalue weighted by atomic mass is 9.91. The number of hydrogen-bond acceptors (Lipinski definition) is 2.